The van der Waals surface area contributed by atoms with Crippen LogP contribution < -0.4 is 0 Å². The minimum atomic E-state index is -4.57. The smallest absolute Gasteiger partial charge is 0.405 e. The van der Waals surface area contributed by atoms with Crippen molar-refractivity contribution in [2.75, 3.05) is 6.61 Å². The zero-order valence-electron chi connectivity index (χ0n) is 9.83. The maximum atomic E-state index is 13.1. The summed E-state index contributed by atoms with van der Waals surface area (Å²) in [6.45, 7) is 1.46. The molecule has 1 aliphatic rings. The lowest BCUT2D eigenvalue weighted by molar-refractivity contribution is -0.207. The van der Waals surface area contributed by atoms with Gasteiger partial charge in [-0.1, -0.05) is 30.3 Å². The van der Waals surface area contributed by atoms with Crippen LogP contribution in [0.3, 0.4) is 0 Å². The maximum absolute atomic E-state index is 13.1. The molecule has 18 heavy (non-hydrogen) atoms. The number of rotatable bonds is 3. The third-order valence-electron chi connectivity index (χ3n) is 3.31. The van der Waals surface area contributed by atoms with E-state index in [9.17, 15) is 18.0 Å². The monoisotopic (exact) mass is 258 g/mol. The number of hydrogen-bond donors (Lipinski definition) is 0. The first-order chi connectivity index (χ1) is 8.43. The van der Waals surface area contributed by atoms with E-state index in [0.29, 0.717) is 5.56 Å². The summed E-state index contributed by atoms with van der Waals surface area (Å²) in [7, 11) is 0. The van der Waals surface area contributed by atoms with E-state index in [1.54, 1.807) is 30.3 Å². The molecule has 98 valence electrons. The Kier molecular flexibility index (Phi) is 3.09. The number of alkyl halides is 3. The quantitative estimate of drug-likeness (QED) is 0.778. The normalized spacial score (nSPS) is 26.8. The summed E-state index contributed by atoms with van der Waals surface area (Å²) in [6, 6.07) is 8.28. The Hall–Kier alpha value is -1.52. The van der Waals surface area contributed by atoms with E-state index in [2.05, 4.69) is 4.74 Å². The second-order valence-electron chi connectivity index (χ2n) is 4.36. The summed E-state index contributed by atoms with van der Waals surface area (Å²) in [6.07, 6.45) is -4.79. The fourth-order valence-corrected chi connectivity index (χ4v) is 2.27. The molecule has 0 heterocycles. The second kappa shape index (κ2) is 4.30. The molecule has 0 spiro atoms. The molecule has 0 amide bonds. The maximum Gasteiger partial charge on any atom is 0.405 e. The topological polar surface area (TPSA) is 26.3 Å². The van der Waals surface area contributed by atoms with Crippen molar-refractivity contribution in [3.8, 4) is 0 Å². The first kappa shape index (κ1) is 12.9. The Bertz CT molecular complexity index is 441. The average molecular weight is 258 g/mol. The van der Waals surface area contributed by atoms with E-state index in [4.69, 9.17) is 0 Å². The third-order valence-corrected chi connectivity index (χ3v) is 3.31. The molecule has 0 bridgehead atoms. The number of carbonyl (C=O) groups is 1. The number of carbonyl (C=O) groups excluding carboxylic acids is 1. The van der Waals surface area contributed by atoms with Crippen molar-refractivity contribution in [2.45, 2.75) is 25.4 Å². The van der Waals surface area contributed by atoms with Crippen LogP contribution in [0.15, 0.2) is 30.3 Å². The molecule has 1 saturated carbocycles. The van der Waals surface area contributed by atoms with E-state index in [1.807, 2.05) is 0 Å². The third kappa shape index (κ3) is 1.87. The molecule has 0 aromatic heterocycles. The molecule has 2 nitrogen and oxygen atoms in total. The van der Waals surface area contributed by atoms with Crippen LogP contribution in [0.25, 0.3) is 0 Å². The van der Waals surface area contributed by atoms with Gasteiger partial charge in [0.2, 0.25) is 0 Å². The number of benzene rings is 1. The average Bonchev–Trinajstić information content (AvgIpc) is 3.06. The zero-order chi connectivity index (χ0) is 13.4. The van der Waals surface area contributed by atoms with Gasteiger partial charge in [-0.15, -0.1) is 0 Å². The summed E-state index contributed by atoms with van der Waals surface area (Å²) < 4.78 is 43.9. The molecular formula is C13H13F3O2. The van der Waals surface area contributed by atoms with Gasteiger partial charge in [0, 0.05) is 5.92 Å². The van der Waals surface area contributed by atoms with Crippen molar-refractivity contribution in [2.24, 2.45) is 5.41 Å². The minimum absolute atomic E-state index is 0.0435. The SMILES string of the molecule is CCOC(=O)[C@@]1(C(F)(F)F)C[C@H]1c1ccccc1. The molecule has 0 saturated heterocycles. The predicted molar refractivity (Wildman–Crippen MR) is 58.9 cm³/mol. The largest absolute Gasteiger partial charge is 0.465 e. The van der Waals surface area contributed by atoms with E-state index < -0.39 is 23.5 Å². The van der Waals surface area contributed by atoms with Gasteiger partial charge in [-0.05, 0) is 18.9 Å². The Labute approximate surface area is 103 Å². The summed E-state index contributed by atoms with van der Waals surface area (Å²) in [4.78, 5) is 11.6. The Morgan fingerprint density at radius 1 is 1.39 bits per heavy atom. The van der Waals surface area contributed by atoms with Gasteiger partial charge in [0.25, 0.3) is 0 Å². The Balaban J connectivity index is 2.30. The van der Waals surface area contributed by atoms with Gasteiger partial charge >= 0.3 is 12.1 Å². The lowest BCUT2D eigenvalue weighted by Crippen LogP contribution is -2.35. The highest BCUT2D eigenvalue weighted by Crippen LogP contribution is 2.67. The molecular weight excluding hydrogens is 245 g/mol. The first-order valence-corrected chi connectivity index (χ1v) is 5.72. The van der Waals surface area contributed by atoms with Gasteiger partial charge in [0.15, 0.2) is 5.41 Å². The van der Waals surface area contributed by atoms with E-state index in [1.165, 1.54) is 6.92 Å². The number of halogens is 3. The van der Waals surface area contributed by atoms with E-state index in [0.717, 1.165) is 0 Å². The number of ether oxygens (including phenoxy) is 1. The van der Waals surface area contributed by atoms with Crippen LogP contribution in [0, 0.1) is 5.41 Å². The molecule has 2 rings (SSSR count). The van der Waals surface area contributed by atoms with Crippen molar-refractivity contribution in [3.05, 3.63) is 35.9 Å². The molecule has 1 aromatic rings. The summed E-state index contributed by atoms with van der Waals surface area (Å²) in [5, 5.41) is 0. The molecule has 5 heteroatoms. The first-order valence-electron chi connectivity index (χ1n) is 5.72. The van der Waals surface area contributed by atoms with E-state index in [-0.39, 0.29) is 13.0 Å². The van der Waals surface area contributed by atoms with Gasteiger partial charge in [-0.25, -0.2) is 0 Å². The fraction of sp³-hybridized carbons (Fsp3) is 0.462. The molecule has 1 aliphatic carbocycles. The fourth-order valence-electron chi connectivity index (χ4n) is 2.27. The highest BCUT2D eigenvalue weighted by atomic mass is 19.4. The predicted octanol–water partition coefficient (Wildman–Crippen LogP) is 3.29. The summed E-state index contributed by atoms with van der Waals surface area (Å²) >= 11 is 0. The number of hydrogen-bond acceptors (Lipinski definition) is 2. The van der Waals surface area contributed by atoms with Crippen molar-refractivity contribution in [1.82, 2.24) is 0 Å². The molecule has 0 N–H and O–H groups in total. The highest BCUT2D eigenvalue weighted by molar-refractivity contribution is 5.83. The zero-order valence-corrected chi connectivity index (χ0v) is 9.83. The van der Waals surface area contributed by atoms with Crippen molar-refractivity contribution in [1.29, 1.82) is 0 Å². The minimum Gasteiger partial charge on any atom is -0.465 e. The lowest BCUT2D eigenvalue weighted by Gasteiger charge is -2.19. The highest BCUT2D eigenvalue weighted by Gasteiger charge is 2.76. The van der Waals surface area contributed by atoms with Gasteiger partial charge in [0.1, 0.15) is 0 Å². The van der Waals surface area contributed by atoms with Gasteiger partial charge < -0.3 is 4.74 Å². The van der Waals surface area contributed by atoms with E-state index >= 15 is 0 Å². The van der Waals surface area contributed by atoms with Crippen LogP contribution in [0.4, 0.5) is 13.2 Å². The van der Waals surface area contributed by atoms with Gasteiger partial charge in [0.05, 0.1) is 6.61 Å². The van der Waals surface area contributed by atoms with Crippen LogP contribution in [0.2, 0.25) is 0 Å². The van der Waals surface area contributed by atoms with Crippen molar-refractivity contribution in [3.63, 3.8) is 0 Å². The molecule has 0 unspecified atom stereocenters. The van der Waals surface area contributed by atoms with Crippen molar-refractivity contribution < 1.29 is 22.7 Å². The Morgan fingerprint density at radius 3 is 2.50 bits per heavy atom. The molecule has 1 fully saturated rings. The molecule has 1 aromatic carbocycles. The van der Waals surface area contributed by atoms with Gasteiger partial charge in [-0.3, -0.25) is 4.79 Å². The van der Waals surface area contributed by atoms with Crippen LogP contribution in [-0.2, 0) is 9.53 Å². The van der Waals surface area contributed by atoms with Crippen LogP contribution in [0.1, 0.15) is 24.8 Å². The molecule has 2 atom stereocenters. The van der Waals surface area contributed by atoms with Crippen molar-refractivity contribution >= 4 is 5.97 Å². The standard InChI is InChI=1S/C13H13F3O2/c1-2-18-11(17)12(13(14,15)16)8-10(12)9-6-4-3-5-7-9/h3-7,10H,2,8H2,1H3/t10-,12+/m0/s1. The Morgan fingerprint density at radius 2 is 2.00 bits per heavy atom. The lowest BCUT2D eigenvalue weighted by atomic mass is 9.98. The van der Waals surface area contributed by atoms with Gasteiger partial charge in [-0.2, -0.15) is 13.2 Å². The summed E-state index contributed by atoms with van der Waals surface area (Å²) in [5.41, 5.74) is -1.81. The van der Waals surface area contributed by atoms with Crippen LogP contribution in [0.5, 0.6) is 0 Å². The molecule has 0 aliphatic heterocycles. The van der Waals surface area contributed by atoms with Crippen LogP contribution in [-0.4, -0.2) is 18.8 Å². The summed E-state index contributed by atoms with van der Waals surface area (Å²) in [5.74, 6) is -1.98. The molecule has 0 radical (unpaired) electrons. The second-order valence-corrected chi connectivity index (χ2v) is 4.36. The number of esters is 1. The van der Waals surface area contributed by atoms with Crippen LogP contribution >= 0.6 is 0 Å².